The zero-order valence-electron chi connectivity index (χ0n) is 23.1. The van der Waals surface area contributed by atoms with E-state index in [2.05, 4.69) is 22.0 Å². The van der Waals surface area contributed by atoms with Crippen LogP contribution in [0.5, 0.6) is 0 Å². The van der Waals surface area contributed by atoms with Crippen molar-refractivity contribution in [1.82, 2.24) is 20.3 Å². The second kappa shape index (κ2) is 13.3. The monoisotopic (exact) mass is 612 g/mol. The molecule has 3 aromatic rings. The molecule has 11 heteroatoms. The van der Waals surface area contributed by atoms with Crippen molar-refractivity contribution in [2.24, 2.45) is 0 Å². The van der Waals surface area contributed by atoms with Crippen molar-refractivity contribution in [2.45, 2.75) is 55.6 Å². The van der Waals surface area contributed by atoms with Crippen LogP contribution in [0.2, 0.25) is 5.02 Å². The van der Waals surface area contributed by atoms with Crippen LogP contribution in [0.15, 0.2) is 71.6 Å². The van der Waals surface area contributed by atoms with E-state index >= 15 is 0 Å². The van der Waals surface area contributed by atoms with Gasteiger partial charge in [-0.2, -0.15) is 4.31 Å². The van der Waals surface area contributed by atoms with Crippen molar-refractivity contribution < 1.29 is 22.4 Å². The van der Waals surface area contributed by atoms with Gasteiger partial charge in [-0.05, 0) is 84.8 Å². The summed E-state index contributed by atoms with van der Waals surface area (Å²) in [4.78, 5) is 26.0. The van der Waals surface area contributed by atoms with Gasteiger partial charge in [0.05, 0.1) is 17.4 Å². The smallest absolute Gasteiger partial charge is 0.243 e. The Kier molecular flexibility index (Phi) is 9.57. The third-order valence-corrected chi connectivity index (χ3v) is 9.97. The number of carbonyl (C=O) groups excluding carboxylic acids is 2. The number of carbonyl (C=O) groups is 2. The molecule has 1 aliphatic heterocycles. The largest absolute Gasteiger partial charge is 0.353 e. The number of nitrogens with zero attached hydrogens (tertiary/aromatic N) is 1. The summed E-state index contributed by atoms with van der Waals surface area (Å²) in [5, 5.41) is 9.51. The zero-order valence-corrected chi connectivity index (χ0v) is 24.7. The summed E-state index contributed by atoms with van der Waals surface area (Å²) in [6, 6.07) is 17.3. The number of aryl methyl sites for hydroxylation is 1. The number of halogens is 2. The highest BCUT2D eigenvalue weighted by atomic mass is 35.5. The molecule has 222 valence electrons. The van der Waals surface area contributed by atoms with Crippen LogP contribution in [0.4, 0.5) is 4.39 Å². The quantitative estimate of drug-likeness (QED) is 0.301. The highest BCUT2D eigenvalue weighted by Gasteiger charge is 2.40. The predicted octanol–water partition coefficient (Wildman–Crippen LogP) is 3.88. The van der Waals surface area contributed by atoms with E-state index in [0.29, 0.717) is 30.1 Å². The molecule has 2 atom stereocenters. The van der Waals surface area contributed by atoms with E-state index in [9.17, 15) is 22.4 Å². The number of hydrogen-bond donors (Lipinski definition) is 3. The molecule has 3 N–H and O–H groups in total. The molecule has 0 saturated carbocycles. The number of piperazine rings is 1. The Labute approximate surface area is 250 Å². The van der Waals surface area contributed by atoms with Gasteiger partial charge >= 0.3 is 0 Å². The Balaban J connectivity index is 1.21. The summed E-state index contributed by atoms with van der Waals surface area (Å²) in [6.07, 6.45) is 2.85. The molecule has 0 radical (unpaired) electrons. The fraction of sp³-hybridized carbons (Fsp3) is 0.355. The Morgan fingerprint density at radius 2 is 1.88 bits per heavy atom. The second-order valence-corrected chi connectivity index (χ2v) is 13.0. The summed E-state index contributed by atoms with van der Waals surface area (Å²) in [5.41, 5.74) is 3.98. The van der Waals surface area contributed by atoms with Crippen molar-refractivity contribution in [2.75, 3.05) is 19.6 Å². The van der Waals surface area contributed by atoms with Gasteiger partial charge in [0.25, 0.3) is 0 Å². The number of benzene rings is 3. The lowest BCUT2D eigenvalue weighted by molar-refractivity contribution is -0.132. The van der Waals surface area contributed by atoms with Gasteiger partial charge in [0.15, 0.2) is 0 Å². The molecule has 0 aromatic heterocycles. The summed E-state index contributed by atoms with van der Waals surface area (Å²) in [7, 11) is -4.01. The molecule has 2 aliphatic rings. The molecular weight excluding hydrogens is 579 g/mol. The molecule has 0 spiro atoms. The summed E-state index contributed by atoms with van der Waals surface area (Å²) in [6.45, 7) is 1.53. The van der Waals surface area contributed by atoms with E-state index in [0.717, 1.165) is 40.3 Å². The van der Waals surface area contributed by atoms with E-state index < -0.39 is 22.0 Å². The van der Waals surface area contributed by atoms with E-state index in [1.54, 1.807) is 12.1 Å². The highest BCUT2D eigenvalue weighted by molar-refractivity contribution is 7.89. The fourth-order valence-corrected chi connectivity index (χ4v) is 7.34. The number of hydrogen-bond acceptors (Lipinski definition) is 5. The van der Waals surface area contributed by atoms with Gasteiger partial charge in [0.1, 0.15) is 11.9 Å². The first kappa shape index (κ1) is 30.2. The van der Waals surface area contributed by atoms with Gasteiger partial charge in [-0.1, -0.05) is 48.0 Å². The molecular formula is C31H34ClFN4O4S. The van der Waals surface area contributed by atoms with Crippen LogP contribution >= 0.6 is 11.6 Å². The maximum absolute atomic E-state index is 13.8. The third kappa shape index (κ3) is 7.00. The van der Waals surface area contributed by atoms with E-state index in [1.165, 1.54) is 30.3 Å². The van der Waals surface area contributed by atoms with Crippen LogP contribution in [-0.2, 0) is 39.0 Å². The van der Waals surface area contributed by atoms with Crippen LogP contribution in [0.1, 0.15) is 47.6 Å². The zero-order chi connectivity index (χ0) is 29.7. The van der Waals surface area contributed by atoms with E-state index in [1.807, 2.05) is 18.2 Å². The van der Waals surface area contributed by atoms with Crippen LogP contribution in [0.3, 0.4) is 0 Å². The summed E-state index contributed by atoms with van der Waals surface area (Å²) in [5.74, 6) is -1.07. The molecule has 42 heavy (non-hydrogen) atoms. The minimum Gasteiger partial charge on any atom is -0.353 e. The van der Waals surface area contributed by atoms with Gasteiger partial charge in [0.2, 0.25) is 21.8 Å². The van der Waals surface area contributed by atoms with Crippen LogP contribution in [0, 0.1) is 5.82 Å². The normalized spacial score (nSPS) is 19.1. The minimum absolute atomic E-state index is 0.0192. The van der Waals surface area contributed by atoms with Gasteiger partial charge in [0, 0.05) is 24.7 Å². The molecule has 0 bridgehead atoms. The average molecular weight is 613 g/mol. The number of amides is 2. The molecule has 2 amide bonds. The highest BCUT2D eigenvalue weighted by Crippen LogP contribution is 2.31. The Bertz CT molecular complexity index is 1550. The molecule has 5 rings (SSSR count). The lowest BCUT2D eigenvalue weighted by atomic mass is 9.86. The second-order valence-electron chi connectivity index (χ2n) is 10.6. The Morgan fingerprint density at radius 1 is 1.10 bits per heavy atom. The molecule has 1 aliphatic carbocycles. The standard InChI is InChI=1S/C31H34ClFN4O4S/c32-24-9-11-25(12-10-24)42(40,41)37-17-16-35-31(39)29(37)19-30(38)36-28-7-3-5-23-18-21(8-13-26(23)28)20-34-15-14-22-4-1-2-6-27(22)33/h1-2,4,6,8-13,18,28-29,34H,3,5,7,14-17,19-20H2,(H,35,39)(H,36,38)/t28-,29?/m1/s1. The van der Waals surface area contributed by atoms with Gasteiger partial charge in [-0.3, -0.25) is 9.59 Å². The molecule has 1 saturated heterocycles. The third-order valence-electron chi connectivity index (χ3n) is 7.80. The van der Waals surface area contributed by atoms with Crippen molar-refractivity contribution in [3.63, 3.8) is 0 Å². The summed E-state index contributed by atoms with van der Waals surface area (Å²) >= 11 is 5.92. The molecule has 3 aromatic carbocycles. The fourth-order valence-electron chi connectivity index (χ4n) is 5.63. The minimum atomic E-state index is -4.01. The molecule has 1 heterocycles. The lowest BCUT2D eigenvalue weighted by Crippen LogP contribution is -2.58. The first-order valence-corrected chi connectivity index (χ1v) is 15.9. The van der Waals surface area contributed by atoms with Crippen molar-refractivity contribution in [3.05, 3.63) is 99.8 Å². The van der Waals surface area contributed by atoms with Crippen molar-refractivity contribution in [3.8, 4) is 0 Å². The first-order chi connectivity index (χ1) is 20.2. The lowest BCUT2D eigenvalue weighted by Gasteiger charge is -2.34. The van der Waals surface area contributed by atoms with Crippen LogP contribution in [0.25, 0.3) is 0 Å². The molecule has 8 nitrogen and oxygen atoms in total. The topological polar surface area (TPSA) is 108 Å². The molecule has 1 unspecified atom stereocenters. The van der Waals surface area contributed by atoms with E-state index in [-0.39, 0.29) is 42.2 Å². The maximum Gasteiger partial charge on any atom is 0.243 e. The predicted molar refractivity (Wildman–Crippen MR) is 159 cm³/mol. The first-order valence-electron chi connectivity index (χ1n) is 14.1. The average Bonchev–Trinajstić information content (AvgIpc) is 2.97. The van der Waals surface area contributed by atoms with Crippen molar-refractivity contribution in [1.29, 1.82) is 0 Å². The molecule has 1 fully saturated rings. The van der Waals surface area contributed by atoms with Crippen LogP contribution in [-0.4, -0.2) is 50.2 Å². The number of fused-ring (bicyclic) bond motifs is 1. The number of sulfonamides is 1. The maximum atomic E-state index is 13.8. The summed E-state index contributed by atoms with van der Waals surface area (Å²) < 4.78 is 41.7. The van der Waals surface area contributed by atoms with Crippen molar-refractivity contribution >= 4 is 33.4 Å². The van der Waals surface area contributed by atoms with E-state index in [4.69, 9.17) is 11.6 Å². The SMILES string of the molecule is O=C(CC1C(=O)NCCN1S(=O)(=O)c1ccc(Cl)cc1)N[C@@H]1CCCc2cc(CNCCc3ccccc3F)ccc21. The van der Waals surface area contributed by atoms with Crippen LogP contribution < -0.4 is 16.0 Å². The van der Waals surface area contributed by atoms with Gasteiger partial charge in [-0.25, -0.2) is 12.8 Å². The number of nitrogens with one attached hydrogen (secondary N) is 3. The Hall–Kier alpha value is -3.31. The van der Waals surface area contributed by atoms with Gasteiger partial charge < -0.3 is 16.0 Å². The Morgan fingerprint density at radius 3 is 2.67 bits per heavy atom. The van der Waals surface area contributed by atoms with Gasteiger partial charge in [-0.15, -0.1) is 0 Å². The number of rotatable bonds is 10.